The van der Waals surface area contributed by atoms with Gasteiger partial charge in [-0.1, -0.05) is 0 Å². The topological polar surface area (TPSA) is 55.9 Å². The first-order valence-corrected chi connectivity index (χ1v) is 6.25. The molecule has 2 heterocycles. The van der Waals surface area contributed by atoms with E-state index in [0.717, 1.165) is 18.1 Å². The van der Waals surface area contributed by atoms with Gasteiger partial charge in [0.2, 0.25) is 0 Å². The van der Waals surface area contributed by atoms with Crippen LogP contribution in [0.2, 0.25) is 0 Å². The van der Waals surface area contributed by atoms with E-state index in [0.29, 0.717) is 4.75 Å². The van der Waals surface area contributed by atoms with Gasteiger partial charge in [0, 0.05) is 24.5 Å². The van der Waals surface area contributed by atoms with Crippen molar-refractivity contribution in [3.8, 4) is 0 Å². The highest BCUT2D eigenvalue weighted by Crippen LogP contribution is 2.37. The van der Waals surface area contributed by atoms with E-state index >= 15 is 0 Å². The molecule has 0 aromatic carbocycles. The van der Waals surface area contributed by atoms with Gasteiger partial charge in [0.25, 0.3) is 0 Å². The van der Waals surface area contributed by atoms with Crippen LogP contribution in [-0.4, -0.2) is 26.8 Å². The number of rotatable bonds is 3. The fraction of sp³-hybridized carbons (Fsp3) is 0.700. The smallest absolute Gasteiger partial charge is 0.171 e. The average molecular weight is 226 g/mol. The number of hydrogen-bond donors (Lipinski definition) is 2. The minimum atomic E-state index is 0.351. The molecule has 15 heavy (non-hydrogen) atoms. The van der Waals surface area contributed by atoms with Crippen LogP contribution in [0.3, 0.4) is 0 Å². The Morgan fingerprint density at radius 1 is 1.73 bits per heavy atom. The van der Waals surface area contributed by atoms with E-state index in [2.05, 4.69) is 17.3 Å². The fourth-order valence-electron chi connectivity index (χ4n) is 1.89. The summed E-state index contributed by atoms with van der Waals surface area (Å²) in [6, 6.07) is 0. The molecule has 2 rings (SSSR count). The maximum absolute atomic E-state index is 5.82. The number of anilines is 2. The summed E-state index contributed by atoms with van der Waals surface area (Å²) in [6.07, 6.45) is 4.42. The Hall–Kier alpha value is -0.840. The maximum atomic E-state index is 5.82. The van der Waals surface area contributed by atoms with Gasteiger partial charge in [-0.25, -0.2) is 0 Å². The van der Waals surface area contributed by atoms with E-state index in [1.54, 1.807) is 4.68 Å². The molecule has 1 unspecified atom stereocenters. The highest BCUT2D eigenvalue weighted by molar-refractivity contribution is 8.00. The van der Waals surface area contributed by atoms with Crippen LogP contribution in [0, 0.1) is 0 Å². The molecule has 3 N–H and O–H groups in total. The van der Waals surface area contributed by atoms with Crippen molar-refractivity contribution in [3.63, 3.8) is 0 Å². The normalized spacial score (nSPS) is 25.7. The van der Waals surface area contributed by atoms with Crippen molar-refractivity contribution >= 4 is 23.3 Å². The predicted molar refractivity (Wildman–Crippen MR) is 66.2 cm³/mol. The fourth-order valence-corrected chi connectivity index (χ4v) is 3.14. The second kappa shape index (κ2) is 3.96. The molecule has 0 amide bonds. The van der Waals surface area contributed by atoms with Crippen molar-refractivity contribution in [2.45, 2.75) is 24.5 Å². The summed E-state index contributed by atoms with van der Waals surface area (Å²) < 4.78 is 2.09. The van der Waals surface area contributed by atoms with Crippen LogP contribution in [0.1, 0.15) is 19.8 Å². The summed E-state index contributed by atoms with van der Waals surface area (Å²) in [5.41, 5.74) is 6.54. The van der Waals surface area contributed by atoms with Gasteiger partial charge in [-0.2, -0.15) is 16.9 Å². The Morgan fingerprint density at radius 3 is 3.07 bits per heavy atom. The van der Waals surface area contributed by atoms with Crippen LogP contribution in [0.15, 0.2) is 6.20 Å². The van der Waals surface area contributed by atoms with Crippen molar-refractivity contribution in [1.82, 2.24) is 9.78 Å². The summed E-state index contributed by atoms with van der Waals surface area (Å²) >= 11 is 2.04. The van der Waals surface area contributed by atoms with E-state index in [-0.39, 0.29) is 0 Å². The van der Waals surface area contributed by atoms with Gasteiger partial charge in [-0.3, -0.25) is 4.68 Å². The number of nitrogens with zero attached hydrogens (tertiary/aromatic N) is 2. The number of aryl methyl sites for hydroxylation is 1. The first-order chi connectivity index (χ1) is 7.09. The number of thioether (sulfide) groups is 1. The zero-order chi connectivity index (χ0) is 10.9. The van der Waals surface area contributed by atoms with Crippen molar-refractivity contribution in [2.24, 2.45) is 7.05 Å². The van der Waals surface area contributed by atoms with Crippen LogP contribution in [-0.2, 0) is 7.05 Å². The van der Waals surface area contributed by atoms with E-state index < -0.39 is 0 Å². The van der Waals surface area contributed by atoms with Crippen LogP contribution >= 0.6 is 11.8 Å². The molecule has 1 saturated heterocycles. The molecule has 0 spiro atoms. The molecule has 1 aliphatic heterocycles. The highest BCUT2D eigenvalue weighted by atomic mass is 32.2. The van der Waals surface area contributed by atoms with E-state index in [4.69, 9.17) is 5.73 Å². The zero-order valence-corrected chi connectivity index (χ0v) is 10.1. The van der Waals surface area contributed by atoms with Crippen LogP contribution in [0.5, 0.6) is 0 Å². The molecule has 0 radical (unpaired) electrons. The maximum Gasteiger partial charge on any atom is 0.171 e. The van der Waals surface area contributed by atoms with Gasteiger partial charge in [0.1, 0.15) is 0 Å². The Kier molecular flexibility index (Phi) is 2.82. The van der Waals surface area contributed by atoms with Crippen LogP contribution in [0.4, 0.5) is 11.5 Å². The standard InChI is InChI=1S/C10H18N4S/c1-10(4-3-5-15-10)7-12-9-8(11)6-14(2)13-9/h6H,3-5,7,11H2,1-2H3,(H,12,13). The summed E-state index contributed by atoms with van der Waals surface area (Å²) in [5.74, 6) is 2.09. The Morgan fingerprint density at radius 2 is 2.53 bits per heavy atom. The molecule has 5 heteroatoms. The quantitative estimate of drug-likeness (QED) is 0.823. The third-order valence-electron chi connectivity index (χ3n) is 2.79. The Bertz CT molecular complexity index is 341. The average Bonchev–Trinajstić information content (AvgIpc) is 2.71. The second-order valence-electron chi connectivity index (χ2n) is 4.36. The number of nitrogen functional groups attached to an aromatic ring is 1. The molecule has 1 fully saturated rings. The van der Waals surface area contributed by atoms with E-state index in [1.807, 2.05) is 25.0 Å². The number of hydrogen-bond acceptors (Lipinski definition) is 4. The minimum absolute atomic E-state index is 0.351. The minimum Gasteiger partial charge on any atom is -0.394 e. The molecule has 1 atom stereocenters. The molecular weight excluding hydrogens is 208 g/mol. The predicted octanol–water partition coefficient (Wildman–Crippen LogP) is 1.70. The molecule has 1 aromatic rings. The molecule has 0 saturated carbocycles. The summed E-state index contributed by atoms with van der Waals surface area (Å²) in [5, 5.41) is 7.61. The van der Waals surface area contributed by atoms with Gasteiger partial charge in [0.15, 0.2) is 5.82 Å². The van der Waals surface area contributed by atoms with Gasteiger partial charge in [0.05, 0.1) is 5.69 Å². The van der Waals surface area contributed by atoms with Crippen LogP contribution < -0.4 is 11.1 Å². The lowest BCUT2D eigenvalue weighted by Crippen LogP contribution is -2.27. The first-order valence-electron chi connectivity index (χ1n) is 5.26. The number of nitrogens with two attached hydrogens (primary N) is 1. The molecule has 84 valence electrons. The van der Waals surface area contributed by atoms with Crippen molar-refractivity contribution in [2.75, 3.05) is 23.3 Å². The Balaban J connectivity index is 1.95. The molecule has 0 bridgehead atoms. The third-order valence-corrected chi connectivity index (χ3v) is 4.33. The molecule has 1 aliphatic rings. The van der Waals surface area contributed by atoms with Crippen LogP contribution in [0.25, 0.3) is 0 Å². The van der Waals surface area contributed by atoms with E-state index in [1.165, 1.54) is 18.6 Å². The molecule has 1 aromatic heterocycles. The monoisotopic (exact) mass is 226 g/mol. The summed E-state index contributed by atoms with van der Waals surface area (Å²) in [6.45, 7) is 3.25. The third kappa shape index (κ3) is 2.40. The van der Waals surface area contributed by atoms with Crippen molar-refractivity contribution in [3.05, 3.63) is 6.20 Å². The SMILES string of the molecule is Cn1cc(N)c(NCC2(C)CCCS2)n1. The van der Waals surface area contributed by atoms with E-state index in [9.17, 15) is 0 Å². The van der Waals surface area contributed by atoms with Gasteiger partial charge < -0.3 is 11.1 Å². The first kappa shape index (κ1) is 10.7. The molecule has 4 nitrogen and oxygen atoms in total. The number of aromatic nitrogens is 2. The lowest BCUT2D eigenvalue weighted by Gasteiger charge is -2.22. The van der Waals surface area contributed by atoms with Gasteiger partial charge >= 0.3 is 0 Å². The van der Waals surface area contributed by atoms with Gasteiger partial charge in [-0.15, -0.1) is 0 Å². The zero-order valence-electron chi connectivity index (χ0n) is 9.29. The molecular formula is C10H18N4S. The highest BCUT2D eigenvalue weighted by Gasteiger charge is 2.29. The number of nitrogens with one attached hydrogen (secondary N) is 1. The van der Waals surface area contributed by atoms with Crippen molar-refractivity contribution < 1.29 is 0 Å². The van der Waals surface area contributed by atoms with Gasteiger partial charge in [-0.05, 0) is 25.5 Å². The Labute approximate surface area is 94.6 Å². The second-order valence-corrected chi connectivity index (χ2v) is 6.04. The summed E-state index contributed by atoms with van der Waals surface area (Å²) in [7, 11) is 1.88. The molecule has 0 aliphatic carbocycles. The largest absolute Gasteiger partial charge is 0.394 e. The lowest BCUT2D eigenvalue weighted by atomic mass is 10.1. The van der Waals surface area contributed by atoms with Crippen molar-refractivity contribution in [1.29, 1.82) is 0 Å². The summed E-state index contributed by atoms with van der Waals surface area (Å²) in [4.78, 5) is 0. The lowest BCUT2D eigenvalue weighted by molar-refractivity contribution is 0.632.